The van der Waals surface area contributed by atoms with Crippen molar-refractivity contribution in [2.24, 2.45) is 0 Å². The highest BCUT2D eigenvalue weighted by atomic mass is 79.9. The molecule has 7 heteroatoms. The number of carboxylic acid groups (broad SMARTS) is 1. The number of aromatic carboxylic acids is 1. The van der Waals surface area contributed by atoms with Gasteiger partial charge in [0.2, 0.25) is 0 Å². The zero-order chi connectivity index (χ0) is 12.5. The first-order valence-electron chi connectivity index (χ1n) is 3.95. The maximum atomic E-state index is 12.5. The van der Waals surface area contributed by atoms with Gasteiger partial charge < -0.3 is 9.84 Å². The smallest absolute Gasteiger partial charge is 0.417 e. The van der Waals surface area contributed by atoms with Crippen molar-refractivity contribution in [1.82, 2.24) is 0 Å². The molecule has 0 aliphatic heterocycles. The maximum Gasteiger partial charge on any atom is 0.417 e. The molecule has 0 saturated carbocycles. The van der Waals surface area contributed by atoms with E-state index in [9.17, 15) is 18.0 Å². The van der Waals surface area contributed by atoms with Crippen LogP contribution in [0.2, 0.25) is 0 Å². The minimum absolute atomic E-state index is 0.0719. The van der Waals surface area contributed by atoms with Crippen LogP contribution < -0.4 is 4.74 Å². The molecule has 0 bridgehead atoms. The molecule has 0 fully saturated rings. The van der Waals surface area contributed by atoms with E-state index in [1.807, 2.05) is 0 Å². The van der Waals surface area contributed by atoms with Crippen LogP contribution in [0.1, 0.15) is 15.9 Å². The number of carboxylic acids is 1. The van der Waals surface area contributed by atoms with Gasteiger partial charge in [-0.1, -0.05) is 0 Å². The Morgan fingerprint density at radius 2 is 2.00 bits per heavy atom. The molecule has 88 valence electrons. The summed E-state index contributed by atoms with van der Waals surface area (Å²) in [5, 5.41) is 8.66. The number of carbonyl (C=O) groups is 1. The van der Waals surface area contributed by atoms with Gasteiger partial charge >= 0.3 is 12.1 Å². The summed E-state index contributed by atoms with van der Waals surface area (Å²) in [5.41, 5.74) is -2.06. The molecule has 0 unspecified atom stereocenters. The van der Waals surface area contributed by atoms with Gasteiger partial charge in [0.05, 0.1) is 22.7 Å². The second kappa shape index (κ2) is 4.32. The van der Waals surface area contributed by atoms with E-state index >= 15 is 0 Å². The minimum Gasteiger partial charge on any atom is -0.496 e. The van der Waals surface area contributed by atoms with Crippen LogP contribution in [0, 0.1) is 0 Å². The second-order valence-electron chi connectivity index (χ2n) is 2.84. The fourth-order valence-corrected chi connectivity index (χ4v) is 1.63. The van der Waals surface area contributed by atoms with Crippen molar-refractivity contribution in [3.63, 3.8) is 0 Å². The summed E-state index contributed by atoms with van der Waals surface area (Å²) in [6.07, 6.45) is -4.73. The van der Waals surface area contributed by atoms with Gasteiger partial charge in [0.25, 0.3) is 0 Å². The Kier molecular flexibility index (Phi) is 3.47. The molecular weight excluding hydrogens is 293 g/mol. The number of halogens is 4. The summed E-state index contributed by atoms with van der Waals surface area (Å²) in [4.78, 5) is 10.7. The fraction of sp³-hybridized carbons (Fsp3) is 0.222. The highest BCUT2D eigenvalue weighted by Crippen LogP contribution is 2.37. The van der Waals surface area contributed by atoms with Crippen molar-refractivity contribution < 1.29 is 27.8 Å². The molecule has 3 nitrogen and oxygen atoms in total. The van der Waals surface area contributed by atoms with Crippen LogP contribution in [0.3, 0.4) is 0 Å². The summed E-state index contributed by atoms with van der Waals surface area (Å²) in [6, 6.07) is 1.51. The highest BCUT2D eigenvalue weighted by molar-refractivity contribution is 9.10. The Morgan fingerprint density at radius 1 is 1.44 bits per heavy atom. The second-order valence-corrected chi connectivity index (χ2v) is 3.69. The Bertz CT molecular complexity index is 429. The van der Waals surface area contributed by atoms with Gasteiger partial charge in [-0.05, 0) is 28.1 Å². The summed E-state index contributed by atoms with van der Waals surface area (Å²) >= 11 is 2.92. The first kappa shape index (κ1) is 12.8. The summed E-state index contributed by atoms with van der Waals surface area (Å²) in [5.74, 6) is -1.71. The molecule has 1 aromatic carbocycles. The zero-order valence-electron chi connectivity index (χ0n) is 7.93. The molecule has 0 spiro atoms. The quantitative estimate of drug-likeness (QED) is 0.912. The highest BCUT2D eigenvalue weighted by Gasteiger charge is 2.36. The van der Waals surface area contributed by atoms with E-state index < -0.39 is 23.3 Å². The van der Waals surface area contributed by atoms with E-state index in [2.05, 4.69) is 20.7 Å². The first-order chi connectivity index (χ1) is 7.27. The lowest BCUT2D eigenvalue weighted by Crippen LogP contribution is -2.13. The molecule has 16 heavy (non-hydrogen) atoms. The third kappa shape index (κ3) is 2.46. The summed E-state index contributed by atoms with van der Waals surface area (Å²) in [6.45, 7) is 0. The normalized spacial score (nSPS) is 11.3. The number of hydrogen-bond donors (Lipinski definition) is 1. The van der Waals surface area contributed by atoms with Crippen LogP contribution >= 0.6 is 15.9 Å². The van der Waals surface area contributed by atoms with Gasteiger partial charge in [0, 0.05) is 0 Å². The van der Waals surface area contributed by atoms with Gasteiger partial charge in [-0.2, -0.15) is 13.2 Å². The van der Waals surface area contributed by atoms with E-state index in [-0.39, 0.29) is 10.2 Å². The molecule has 0 atom stereocenters. The van der Waals surface area contributed by atoms with Crippen molar-refractivity contribution in [3.05, 3.63) is 27.7 Å². The molecular formula is C9H6BrF3O3. The number of alkyl halides is 3. The minimum atomic E-state index is -4.73. The van der Waals surface area contributed by atoms with Crippen molar-refractivity contribution >= 4 is 21.9 Å². The molecule has 0 aliphatic carbocycles. The van der Waals surface area contributed by atoms with Gasteiger partial charge in [0.1, 0.15) is 5.75 Å². The summed E-state index contributed by atoms with van der Waals surface area (Å²) < 4.78 is 42.4. The van der Waals surface area contributed by atoms with E-state index in [4.69, 9.17) is 5.11 Å². The molecule has 0 radical (unpaired) electrons. The molecule has 0 amide bonds. The number of methoxy groups -OCH3 is 1. The Hall–Kier alpha value is -1.24. The monoisotopic (exact) mass is 298 g/mol. The van der Waals surface area contributed by atoms with E-state index in [1.54, 1.807) is 0 Å². The molecule has 0 saturated heterocycles. The van der Waals surface area contributed by atoms with E-state index in [0.29, 0.717) is 6.07 Å². The molecule has 0 aliphatic rings. The Balaban J connectivity index is 3.49. The molecule has 1 aromatic rings. The standard InChI is InChI=1S/C9H6BrF3O3/c1-16-7-3-5(9(11,12)13)4(8(14)15)2-6(7)10/h2-3H,1H3,(H,14,15). The fourth-order valence-electron chi connectivity index (χ4n) is 1.12. The number of hydrogen-bond acceptors (Lipinski definition) is 2. The van der Waals surface area contributed by atoms with Crippen LogP contribution in [-0.2, 0) is 6.18 Å². The number of ether oxygens (including phenoxy) is 1. The van der Waals surface area contributed by atoms with Crippen LogP contribution in [0.15, 0.2) is 16.6 Å². The number of benzene rings is 1. The lowest BCUT2D eigenvalue weighted by atomic mass is 10.1. The lowest BCUT2D eigenvalue weighted by molar-refractivity contribution is -0.138. The van der Waals surface area contributed by atoms with Gasteiger partial charge in [-0.25, -0.2) is 4.79 Å². The van der Waals surface area contributed by atoms with Crippen molar-refractivity contribution in [2.45, 2.75) is 6.18 Å². The SMILES string of the molecule is COc1cc(C(F)(F)F)c(C(=O)O)cc1Br. The molecule has 1 rings (SSSR count). The van der Waals surface area contributed by atoms with Crippen LogP contribution in [0.4, 0.5) is 13.2 Å². The molecule has 1 N–H and O–H groups in total. The lowest BCUT2D eigenvalue weighted by Gasteiger charge is -2.13. The molecule has 0 aromatic heterocycles. The predicted octanol–water partition coefficient (Wildman–Crippen LogP) is 3.17. The summed E-state index contributed by atoms with van der Waals surface area (Å²) in [7, 11) is 1.20. The maximum absolute atomic E-state index is 12.5. The Morgan fingerprint density at radius 3 is 2.38 bits per heavy atom. The first-order valence-corrected chi connectivity index (χ1v) is 4.74. The zero-order valence-corrected chi connectivity index (χ0v) is 9.52. The Labute approximate surface area is 97.0 Å². The molecule has 0 heterocycles. The van der Waals surface area contributed by atoms with Crippen LogP contribution in [-0.4, -0.2) is 18.2 Å². The van der Waals surface area contributed by atoms with Crippen molar-refractivity contribution in [3.8, 4) is 5.75 Å². The number of rotatable bonds is 2. The third-order valence-electron chi connectivity index (χ3n) is 1.83. The third-order valence-corrected chi connectivity index (χ3v) is 2.45. The topological polar surface area (TPSA) is 46.5 Å². The average molecular weight is 299 g/mol. The van der Waals surface area contributed by atoms with E-state index in [0.717, 1.165) is 6.07 Å². The van der Waals surface area contributed by atoms with Gasteiger partial charge in [0.15, 0.2) is 0 Å². The van der Waals surface area contributed by atoms with Crippen LogP contribution in [0.5, 0.6) is 5.75 Å². The van der Waals surface area contributed by atoms with Gasteiger partial charge in [-0.15, -0.1) is 0 Å². The predicted molar refractivity (Wildman–Crippen MR) is 52.7 cm³/mol. The van der Waals surface area contributed by atoms with Gasteiger partial charge in [-0.3, -0.25) is 0 Å². The van der Waals surface area contributed by atoms with E-state index in [1.165, 1.54) is 7.11 Å². The van der Waals surface area contributed by atoms with Crippen LogP contribution in [0.25, 0.3) is 0 Å². The van der Waals surface area contributed by atoms with Crippen molar-refractivity contribution in [1.29, 1.82) is 0 Å². The largest absolute Gasteiger partial charge is 0.496 e. The average Bonchev–Trinajstić information content (AvgIpc) is 2.15. The van der Waals surface area contributed by atoms with Crippen molar-refractivity contribution in [2.75, 3.05) is 7.11 Å².